The minimum Gasteiger partial charge on any atom is -0.378 e. The summed E-state index contributed by atoms with van der Waals surface area (Å²) in [6.45, 7) is 9.22. The van der Waals surface area contributed by atoms with E-state index in [-0.39, 0.29) is 0 Å². The fourth-order valence-electron chi connectivity index (χ4n) is 0.427. The fraction of sp³-hybridized carbons (Fsp3) is 0.875. The molecule has 0 N–H and O–H groups in total. The van der Waals surface area contributed by atoms with Crippen molar-refractivity contribution in [2.24, 2.45) is 0 Å². The second-order valence-corrected chi connectivity index (χ2v) is 2.74. The Morgan fingerprint density at radius 1 is 1.44 bits per heavy atom. The van der Waals surface area contributed by atoms with E-state index in [0.717, 1.165) is 13.0 Å². The van der Waals surface area contributed by atoms with Crippen molar-refractivity contribution in [3.05, 3.63) is 5.92 Å². The van der Waals surface area contributed by atoms with Crippen LogP contribution in [-0.4, -0.2) is 12.7 Å². The minimum absolute atomic E-state index is 0.417. The summed E-state index contributed by atoms with van der Waals surface area (Å²) in [7, 11) is 0. The molecule has 0 aromatic heterocycles. The average molecular weight is 129 g/mol. The van der Waals surface area contributed by atoms with Crippen LogP contribution in [0.25, 0.3) is 0 Å². The van der Waals surface area contributed by atoms with Crippen LogP contribution >= 0.6 is 0 Å². The van der Waals surface area contributed by atoms with Gasteiger partial charge in [0.1, 0.15) is 0 Å². The van der Waals surface area contributed by atoms with Crippen LogP contribution in [0.2, 0.25) is 0 Å². The summed E-state index contributed by atoms with van der Waals surface area (Å²) in [5, 5.41) is 0. The molecule has 1 heteroatoms. The second kappa shape index (κ2) is 4.80. The van der Waals surface area contributed by atoms with Gasteiger partial charge in [0.15, 0.2) is 0 Å². The molecule has 1 nitrogen and oxygen atoms in total. The summed E-state index contributed by atoms with van der Waals surface area (Å²) in [6.07, 6.45) is 1.52. The Morgan fingerprint density at radius 2 is 2.00 bits per heavy atom. The Balaban J connectivity index is 3.06. The van der Waals surface area contributed by atoms with E-state index in [1.807, 2.05) is 0 Å². The molecule has 0 bridgehead atoms. The lowest BCUT2D eigenvalue weighted by atomic mass is 10.2. The number of ether oxygens (including phenoxy) is 1. The van der Waals surface area contributed by atoms with Gasteiger partial charge in [-0.3, -0.25) is 0 Å². The van der Waals surface area contributed by atoms with Gasteiger partial charge in [-0.25, -0.2) is 0 Å². The summed E-state index contributed by atoms with van der Waals surface area (Å²) < 4.78 is 5.42. The van der Waals surface area contributed by atoms with Gasteiger partial charge in [-0.2, -0.15) is 0 Å². The normalized spacial score (nSPS) is 14.3. The average Bonchev–Trinajstić information content (AvgIpc) is 1.83. The van der Waals surface area contributed by atoms with Crippen LogP contribution in [0.3, 0.4) is 0 Å². The minimum atomic E-state index is 0.417. The van der Waals surface area contributed by atoms with E-state index in [0.29, 0.717) is 6.10 Å². The molecular weight excluding hydrogens is 112 g/mol. The molecule has 0 aliphatic carbocycles. The quantitative estimate of drug-likeness (QED) is 0.566. The fourth-order valence-corrected chi connectivity index (χ4v) is 0.427. The maximum Gasteiger partial charge on any atom is 0.0544 e. The Bertz CT molecular complexity index is 59.6. The monoisotopic (exact) mass is 129 g/mol. The van der Waals surface area contributed by atoms with Gasteiger partial charge in [0.2, 0.25) is 0 Å². The second-order valence-electron chi connectivity index (χ2n) is 2.74. The van der Waals surface area contributed by atoms with Crippen molar-refractivity contribution < 1.29 is 4.74 Å². The van der Waals surface area contributed by atoms with Crippen molar-refractivity contribution in [2.45, 2.75) is 40.2 Å². The third kappa shape index (κ3) is 5.84. The van der Waals surface area contributed by atoms with Gasteiger partial charge in [-0.15, -0.1) is 0 Å². The molecule has 0 aliphatic heterocycles. The molecule has 0 aromatic carbocycles. The van der Waals surface area contributed by atoms with Crippen LogP contribution in [0, 0.1) is 5.92 Å². The van der Waals surface area contributed by atoms with Gasteiger partial charge in [-0.05, 0) is 19.3 Å². The van der Waals surface area contributed by atoms with Crippen molar-refractivity contribution in [3.63, 3.8) is 0 Å². The predicted molar refractivity (Wildman–Crippen MR) is 40.3 cm³/mol. The summed E-state index contributed by atoms with van der Waals surface area (Å²) in [5.74, 6) is 1.34. The van der Waals surface area contributed by atoms with Crippen LogP contribution in [-0.2, 0) is 4.74 Å². The zero-order valence-corrected chi connectivity index (χ0v) is 6.90. The number of rotatable bonds is 4. The standard InChI is InChI=1S/C8H17O/c1-5-8(4)9-6-7(2)3/h8H,5-6H2,1-4H3. The smallest absolute Gasteiger partial charge is 0.0544 e. The predicted octanol–water partition coefficient (Wildman–Crippen LogP) is 2.42. The molecule has 55 valence electrons. The zero-order chi connectivity index (χ0) is 7.28. The molecule has 0 spiro atoms. The van der Waals surface area contributed by atoms with E-state index in [9.17, 15) is 0 Å². The Kier molecular flexibility index (Phi) is 4.78. The van der Waals surface area contributed by atoms with Crippen molar-refractivity contribution in [3.8, 4) is 0 Å². The van der Waals surface area contributed by atoms with Crippen LogP contribution < -0.4 is 0 Å². The van der Waals surface area contributed by atoms with Crippen LogP contribution in [0.15, 0.2) is 0 Å². The molecule has 1 radical (unpaired) electrons. The van der Waals surface area contributed by atoms with Gasteiger partial charge < -0.3 is 4.74 Å². The molecule has 0 fully saturated rings. The molecule has 9 heavy (non-hydrogen) atoms. The number of hydrogen-bond acceptors (Lipinski definition) is 1. The van der Waals surface area contributed by atoms with Crippen LogP contribution in [0.4, 0.5) is 0 Å². The van der Waals surface area contributed by atoms with Crippen LogP contribution in [0.5, 0.6) is 0 Å². The molecule has 0 aliphatic rings. The lowest BCUT2D eigenvalue weighted by Crippen LogP contribution is -2.09. The van der Waals surface area contributed by atoms with E-state index in [4.69, 9.17) is 4.74 Å². The molecular formula is C8H17O. The van der Waals surface area contributed by atoms with Crippen molar-refractivity contribution >= 4 is 0 Å². The third-order valence-electron chi connectivity index (χ3n) is 1.23. The molecule has 0 saturated heterocycles. The Labute approximate surface area is 58.4 Å². The highest BCUT2D eigenvalue weighted by atomic mass is 16.5. The Morgan fingerprint density at radius 3 is 2.33 bits per heavy atom. The van der Waals surface area contributed by atoms with Crippen LogP contribution in [0.1, 0.15) is 34.1 Å². The highest BCUT2D eigenvalue weighted by molar-refractivity contribution is 4.75. The molecule has 0 saturated carbocycles. The summed E-state index contributed by atoms with van der Waals surface area (Å²) in [4.78, 5) is 0. The van der Waals surface area contributed by atoms with E-state index in [1.165, 1.54) is 5.92 Å². The highest BCUT2D eigenvalue weighted by Crippen LogP contribution is 2.01. The van der Waals surface area contributed by atoms with Crippen molar-refractivity contribution in [2.75, 3.05) is 6.61 Å². The van der Waals surface area contributed by atoms with E-state index >= 15 is 0 Å². The third-order valence-corrected chi connectivity index (χ3v) is 1.23. The molecule has 0 amide bonds. The summed E-state index contributed by atoms with van der Waals surface area (Å²) in [5.41, 5.74) is 0. The lowest BCUT2D eigenvalue weighted by molar-refractivity contribution is 0.0722. The van der Waals surface area contributed by atoms with Crippen molar-refractivity contribution in [1.29, 1.82) is 0 Å². The van der Waals surface area contributed by atoms with E-state index in [1.54, 1.807) is 0 Å². The first-order chi connectivity index (χ1) is 4.16. The topological polar surface area (TPSA) is 9.23 Å². The molecule has 0 aromatic rings. The SMILES string of the molecule is CCC(C)OC[C](C)C. The van der Waals surface area contributed by atoms with Gasteiger partial charge in [0.05, 0.1) is 12.7 Å². The first-order valence-electron chi connectivity index (χ1n) is 3.57. The number of hydrogen-bond donors (Lipinski definition) is 0. The highest BCUT2D eigenvalue weighted by Gasteiger charge is 1.99. The van der Waals surface area contributed by atoms with Gasteiger partial charge in [0.25, 0.3) is 0 Å². The van der Waals surface area contributed by atoms with E-state index < -0.39 is 0 Å². The lowest BCUT2D eigenvalue weighted by Gasteiger charge is -2.11. The van der Waals surface area contributed by atoms with Gasteiger partial charge in [-0.1, -0.05) is 20.8 Å². The maximum atomic E-state index is 5.42. The summed E-state index contributed by atoms with van der Waals surface area (Å²) in [6, 6.07) is 0. The summed E-state index contributed by atoms with van der Waals surface area (Å²) >= 11 is 0. The Hall–Kier alpha value is -0.0400. The first kappa shape index (κ1) is 8.96. The molecule has 1 unspecified atom stereocenters. The molecule has 0 rings (SSSR count). The first-order valence-corrected chi connectivity index (χ1v) is 3.57. The molecule has 0 heterocycles. The largest absolute Gasteiger partial charge is 0.378 e. The van der Waals surface area contributed by atoms with E-state index in [2.05, 4.69) is 27.7 Å². The van der Waals surface area contributed by atoms with Crippen molar-refractivity contribution in [1.82, 2.24) is 0 Å². The maximum absolute atomic E-state index is 5.42. The van der Waals surface area contributed by atoms with Gasteiger partial charge >= 0.3 is 0 Å². The van der Waals surface area contributed by atoms with Gasteiger partial charge in [0, 0.05) is 0 Å². The molecule has 1 atom stereocenters. The zero-order valence-electron chi connectivity index (χ0n) is 6.90.